The molecule has 1 aliphatic heterocycles. The molecule has 1 saturated carbocycles. The molecular weight excluding hydrogens is 296 g/mol. The number of hydrogen-bond acceptors (Lipinski definition) is 4. The van der Waals surface area contributed by atoms with Crippen LogP contribution in [0, 0.1) is 25.7 Å². The largest absolute Gasteiger partial charge is 0.459 e. The molecule has 4 nitrogen and oxygen atoms in total. The van der Waals surface area contributed by atoms with Crippen LogP contribution in [0.15, 0.2) is 16.5 Å². The van der Waals surface area contributed by atoms with E-state index in [2.05, 4.69) is 4.98 Å². The summed E-state index contributed by atoms with van der Waals surface area (Å²) in [5.41, 5.74) is 0.816. The van der Waals surface area contributed by atoms with Gasteiger partial charge in [0.1, 0.15) is 10.6 Å². The van der Waals surface area contributed by atoms with Crippen molar-refractivity contribution < 1.29 is 9.21 Å². The zero-order chi connectivity index (χ0) is 15.3. The summed E-state index contributed by atoms with van der Waals surface area (Å²) in [5, 5.41) is 0.799. The van der Waals surface area contributed by atoms with Crippen molar-refractivity contribution in [3.05, 3.63) is 28.5 Å². The molecule has 2 aromatic rings. The summed E-state index contributed by atoms with van der Waals surface area (Å²) in [4.78, 5) is 20.2. The Hall–Kier alpha value is -1.62. The molecule has 0 unspecified atom stereocenters. The standard InChI is InChI=1S/C17H20N2O2S/c1-10-6-7-14(21-10)16-18-11(2)15(22-16)17(20)19-8-12-4-3-5-13(12)9-19/h6-7,12-13H,3-5,8-9H2,1-2H3/t12-,13-/m1/s1. The number of rotatable bonds is 2. The predicted octanol–water partition coefficient (Wildman–Crippen LogP) is 3.89. The first-order valence-corrected chi connectivity index (χ1v) is 8.77. The fourth-order valence-electron chi connectivity index (χ4n) is 3.79. The number of amides is 1. The molecule has 2 atom stereocenters. The molecule has 1 saturated heterocycles. The number of carbonyl (C=O) groups excluding carboxylic acids is 1. The SMILES string of the molecule is Cc1ccc(-c2nc(C)c(C(=O)N3C[C@H]4CCC[C@@H]4C3)s2)o1. The maximum atomic E-state index is 12.8. The first-order valence-electron chi connectivity index (χ1n) is 7.95. The van der Waals surface area contributed by atoms with Crippen LogP contribution in [0.25, 0.3) is 10.8 Å². The Balaban J connectivity index is 1.57. The van der Waals surface area contributed by atoms with Gasteiger partial charge in [-0.1, -0.05) is 6.42 Å². The molecule has 1 aliphatic carbocycles. The first kappa shape index (κ1) is 14.0. The number of hydrogen-bond donors (Lipinski definition) is 0. The molecule has 22 heavy (non-hydrogen) atoms. The zero-order valence-electron chi connectivity index (χ0n) is 13.0. The molecule has 2 aliphatic rings. The second-order valence-corrected chi connectivity index (χ2v) is 7.50. The van der Waals surface area contributed by atoms with Crippen molar-refractivity contribution >= 4 is 17.2 Å². The van der Waals surface area contributed by atoms with Crippen LogP contribution in [0.1, 0.15) is 40.4 Å². The minimum atomic E-state index is 0.152. The van der Waals surface area contributed by atoms with E-state index in [9.17, 15) is 4.79 Å². The summed E-state index contributed by atoms with van der Waals surface area (Å²) in [6, 6.07) is 3.84. The molecule has 5 heteroatoms. The quantitative estimate of drug-likeness (QED) is 0.844. The highest BCUT2D eigenvalue weighted by atomic mass is 32.1. The average Bonchev–Trinajstić information content (AvgIpc) is 3.19. The fraction of sp³-hybridized carbons (Fsp3) is 0.529. The van der Waals surface area contributed by atoms with Gasteiger partial charge in [0, 0.05) is 13.1 Å². The molecule has 0 bridgehead atoms. The van der Waals surface area contributed by atoms with Gasteiger partial charge in [-0.3, -0.25) is 4.79 Å². The van der Waals surface area contributed by atoms with Gasteiger partial charge in [0.15, 0.2) is 10.8 Å². The van der Waals surface area contributed by atoms with E-state index in [0.29, 0.717) is 0 Å². The Labute approximate surface area is 134 Å². The van der Waals surface area contributed by atoms with Gasteiger partial charge in [-0.05, 0) is 50.7 Å². The third kappa shape index (κ3) is 2.28. The highest BCUT2D eigenvalue weighted by Gasteiger charge is 2.39. The Morgan fingerprint density at radius 3 is 2.64 bits per heavy atom. The summed E-state index contributed by atoms with van der Waals surface area (Å²) in [6.45, 7) is 5.69. The zero-order valence-corrected chi connectivity index (χ0v) is 13.8. The van der Waals surface area contributed by atoms with Crippen molar-refractivity contribution in [3.63, 3.8) is 0 Å². The molecule has 4 rings (SSSR count). The van der Waals surface area contributed by atoms with Gasteiger partial charge in [0.25, 0.3) is 5.91 Å². The van der Waals surface area contributed by atoms with Crippen LogP contribution in [-0.4, -0.2) is 28.9 Å². The Bertz CT molecular complexity index is 706. The highest BCUT2D eigenvalue weighted by Crippen LogP contribution is 2.39. The Morgan fingerprint density at radius 1 is 1.27 bits per heavy atom. The maximum absolute atomic E-state index is 12.8. The number of furan rings is 1. The second-order valence-electron chi connectivity index (χ2n) is 6.51. The minimum Gasteiger partial charge on any atom is -0.459 e. The van der Waals surface area contributed by atoms with E-state index >= 15 is 0 Å². The molecule has 0 N–H and O–H groups in total. The van der Waals surface area contributed by atoms with Gasteiger partial charge in [0.05, 0.1) is 5.69 Å². The Morgan fingerprint density at radius 2 is 2.00 bits per heavy atom. The number of nitrogens with zero attached hydrogens (tertiary/aromatic N) is 2. The summed E-state index contributed by atoms with van der Waals surface area (Å²) in [7, 11) is 0. The van der Waals surface area contributed by atoms with Crippen LogP contribution in [0.5, 0.6) is 0 Å². The van der Waals surface area contributed by atoms with Crippen LogP contribution in [0.3, 0.4) is 0 Å². The summed E-state index contributed by atoms with van der Waals surface area (Å²) < 4.78 is 5.63. The molecule has 2 fully saturated rings. The van der Waals surface area contributed by atoms with E-state index in [1.165, 1.54) is 30.6 Å². The summed E-state index contributed by atoms with van der Waals surface area (Å²) >= 11 is 1.45. The van der Waals surface area contributed by atoms with Gasteiger partial charge in [-0.15, -0.1) is 11.3 Å². The lowest BCUT2D eigenvalue weighted by Crippen LogP contribution is -2.29. The van der Waals surface area contributed by atoms with Crippen molar-refractivity contribution in [3.8, 4) is 10.8 Å². The topological polar surface area (TPSA) is 46.3 Å². The molecular formula is C17H20N2O2S. The third-order valence-electron chi connectivity index (χ3n) is 4.96. The molecule has 3 heterocycles. The maximum Gasteiger partial charge on any atom is 0.265 e. The van der Waals surface area contributed by atoms with E-state index < -0.39 is 0 Å². The van der Waals surface area contributed by atoms with E-state index in [-0.39, 0.29) is 5.91 Å². The van der Waals surface area contributed by atoms with Gasteiger partial charge in [0.2, 0.25) is 0 Å². The second kappa shape index (κ2) is 5.23. The lowest BCUT2D eigenvalue weighted by atomic mass is 10.0. The minimum absolute atomic E-state index is 0.152. The molecule has 2 aromatic heterocycles. The first-order chi connectivity index (χ1) is 10.6. The number of carbonyl (C=O) groups is 1. The van der Waals surface area contributed by atoms with Crippen molar-refractivity contribution in [1.82, 2.24) is 9.88 Å². The van der Waals surface area contributed by atoms with Crippen LogP contribution < -0.4 is 0 Å². The lowest BCUT2D eigenvalue weighted by Gasteiger charge is -2.16. The van der Waals surface area contributed by atoms with Gasteiger partial charge < -0.3 is 9.32 Å². The predicted molar refractivity (Wildman–Crippen MR) is 86.0 cm³/mol. The normalized spacial score (nSPS) is 24.0. The number of likely N-dealkylation sites (tertiary alicyclic amines) is 1. The van der Waals surface area contributed by atoms with Gasteiger partial charge in [-0.2, -0.15) is 0 Å². The van der Waals surface area contributed by atoms with E-state index in [1.807, 2.05) is 30.9 Å². The molecule has 0 spiro atoms. The monoisotopic (exact) mass is 316 g/mol. The molecule has 0 aromatic carbocycles. The molecule has 1 amide bonds. The third-order valence-corrected chi connectivity index (χ3v) is 6.12. The fourth-order valence-corrected chi connectivity index (χ4v) is 4.79. The molecule has 0 radical (unpaired) electrons. The number of aryl methyl sites for hydroxylation is 2. The number of aromatic nitrogens is 1. The van der Waals surface area contributed by atoms with Crippen molar-refractivity contribution in [2.75, 3.05) is 13.1 Å². The van der Waals surface area contributed by atoms with Crippen LogP contribution in [0.4, 0.5) is 0 Å². The van der Waals surface area contributed by atoms with Crippen LogP contribution >= 0.6 is 11.3 Å². The van der Waals surface area contributed by atoms with Crippen molar-refractivity contribution in [2.24, 2.45) is 11.8 Å². The summed E-state index contributed by atoms with van der Waals surface area (Å²) in [6.07, 6.45) is 3.90. The van der Waals surface area contributed by atoms with Crippen molar-refractivity contribution in [1.29, 1.82) is 0 Å². The molecule has 116 valence electrons. The van der Waals surface area contributed by atoms with Crippen LogP contribution in [-0.2, 0) is 0 Å². The lowest BCUT2D eigenvalue weighted by molar-refractivity contribution is 0.0784. The van der Waals surface area contributed by atoms with E-state index in [4.69, 9.17) is 4.42 Å². The van der Waals surface area contributed by atoms with Gasteiger partial charge >= 0.3 is 0 Å². The van der Waals surface area contributed by atoms with Crippen molar-refractivity contribution in [2.45, 2.75) is 33.1 Å². The summed E-state index contributed by atoms with van der Waals surface area (Å²) in [5.74, 6) is 3.22. The highest BCUT2D eigenvalue weighted by molar-refractivity contribution is 7.17. The van der Waals surface area contributed by atoms with E-state index in [0.717, 1.165) is 52.0 Å². The smallest absolute Gasteiger partial charge is 0.265 e. The van der Waals surface area contributed by atoms with E-state index in [1.54, 1.807) is 0 Å². The van der Waals surface area contributed by atoms with Crippen LogP contribution in [0.2, 0.25) is 0 Å². The number of thiazole rings is 1. The van der Waals surface area contributed by atoms with Gasteiger partial charge in [-0.25, -0.2) is 4.98 Å². The average molecular weight is 316 g/mol. The Kier molecular flexibility index (Phi) is 3.33. The number of fused-ring (bicyclic) bond motifs is 1.